The summed E-state index contributed by atoms with van der Waals surface area (Å²) in [5.74, 6) is 1.63. The topological polar surface area (TPSA) is 51.8 Å². The second-order valence-electron chi connectivity index (χ2n) is 10.6. The van der Waals surface area contributed by atoms with E-state index in [1.165, 1.54) is 16.3 Å². The number of nitrogens with zero attached hydrogens (tertiary/aromatic N) is 4. The molecule has 0 saturated heterocycles. The molecule has 0 saturated carbocycles. The van der Waals surface area contributed by atoms with E-state index in [2.05, 4.69) is 103 Å². The van der Waals surface area contributed by atoms with E-state index in [-0.39, 0.29) is 6.17 Å². The normalized spacial score (nSPS) is 14.6. The van der Waals surface area contributed by atoms with Gasteiger partial charge in [-0.25, -0.2) is 9.98 Å². The highest BCUT2D eigenvalue weighted by Gasteiger charge is 2.26. The number of hydrogen-bond acceptors (Lipinski definition) is 4. The molecule has 6 aromatic carbocycles. The zero-order chi connectivity index (χ0) is 29.2. The molecule has 0 aromatic heterocycles. The molecule has 6 aromatic rings. The van der Waals surface area contributed by atoms with Crippen LogP contribution in [0.1, 0.15) is 28.4 Å². The molecule has 0 radical (unpaired) electrons. The highest BCUT2D eigenvalue weighted by atomic mass is 15.3. The molecular weight excluding hydrogens is 524 g/mol. The van der Waals surface area contributed by atoms with Crippen molar-refractivity contribution in [2.75, 3.05) is 7.05 Å². The van der Waals surface area contributed by atoms with Gasteiger partial charge in [0.15, 0.2) is 5.84 Å². The molecule has 1 aliphatic heterocycles. The lowest BCUT2D eigenvalue weighted by molar-refractivity contribution is 0.383. The van der Waals surface area contributed by atoms with Crippen LogP contribution in [0, 0.1) is 11.3 Å². The Kier molecular flexibility index (Phi) is 6.83. The van der Waals surface area contributed by atoms with Gasteiger partial charge in [0.25, 0.3) is 0 Å². The van der Waals surface area contributed by atoms with Gasteiger partial charge in [0.05, 0.1) is 11.6 Å². The summed E-state index contributed by atoms with van der Waals surface area (Å²) in [5.41, 5.74) is 8.39. The summed E-state index contributed by atoms with van der Waals surface area (Å²) in [6.45, 7) is 0. The molecule has 1 heterocycles. The summed E-state index contributed by atoms with van der Waals surface area (Å²) in [4.78, 5) is 12.3. The number of hydrogen-bond donors (Lipinski definition) is 0. The molecule has 1 unspecified atom stereocenters. The third-order valence-electron chi connectivity index (χ3n) is 7.99. The van der Waals surface area contributed by atoms with E-state index in [0.717, 1.165) is 45.1 Å². The Hall–Kier alpha value is -5.79. The van der Waals surface area contributed by atoms with Gasteiger partial charge in [-0.2, -0.15) is 5.26 Å². The van der Waals surface area contributed by atoms with E-state index in [1.807, 2.05) is 60.7 Å². The van der Waals surface area contributed by atoms with E-state index in [1.54, 1.807) is 0 Å². The molecule has 204 valence electrons. The summed E-state index contributed by atoms with van der Waals surface area (Å²) >= 11 is 0. The van der Waals surface area contributed by atoms with Crippen molar-refractivity contribution in [1.82, 2.24) is 4.90 Å². The van der Waals surface area contributed by atoms with Crippen molar-refractivity contribution < 1.29 is 0 Å². The molecule has 0 N–H and O–H groups in total. The first-order valence-corrected chi connectivity index (χ1v) is 14.3. The Balaban J connectivity index is 1.27. The number of fused-ring (bicyclic) bond motifs is 1. The average Bonchev–Trinajstić information content (AvgIpc) is 3.09. The largest absolute Gasteiger partial charge is 0.333 e. The fourth-order valence-corrected chi connectivity index (χ4v) is 5.77. The first kappa shape index (κ1) is 26.1. The molecule has 4 heteroatoms. The van der Waals surface area contributed by atoms with Crippen LogP contribution in [-0.2, 0) is 0 Å². The Morgan fingerprint density at radius 3 is 1.63 bits per heavy atom. The number of amidine groups is 2. The second-order valence-corrected chi connectivity index (χ2v) is 10.6. The predicted molar refractivity (Wildman–Crippen MR) is 176 cm³/mol. The van der Waals surface area contributed by atoms with Gasteiger partial charge in [-0.05, 0) is 50.7 Å². The minimum atomic E-state index is -0.215. The minimum absolute atomic E-state index is 0.215. The first-order valence-electron chi connectivity index (χ1n) is 14.3. The smallest absolute Gasteiger partial charge is 0.159 e. The van der Waals surface area contributed by atoms with Crippen LogP contribution in [0.4, 0.5) is 0 Å². The van der Waals surface area contributed by atoms with Gasteiger partial charge in [0, 0.05) is 18.2 Å². The van der Waals surface area contributed by atoms with Gasteiger partial charge in [-0.1, -0.05) is 133 Å². The lowest BCUT2D eigenvalue weighted by Crippen LogP contribution is -2.35. The number of aliphatic imine (C=N–C) groups is 2. The van der Waals surface area contributed by atoms with Crippen molar-refractivity contribution in [2.24, 2.45) is 9.98 Å². The van der Waals surface area contributed by atoms with Crippen molar-refractivity contribution in [1.29, 1.82) is 5.26 Å². The Morgan fingerprint density at radius 2 is 1.07 bits per heavy atom. The van der Waals surface area contributed by atoms with Gasteiger partial charge in [0.2, 0.25) is 0 Å². The summed E-state index contributed by atoms with van der Waals surface area (Å²) in [5, 5.41) is 11.6. The maximum atomic E-state index is 9.22. The van der Waals surface area contributed by atoms with E-state index in [4.69, 9.17) is 9.98 Å². The molecule has 1 atom stereocenters. The van der Waals surface area contributed by atoms with Gasteiger partial charge in [0.1, 0.15) is 12.0 Å². The number of benzene rings is 6. The zero-order valence-electron chi connectivity index (χ0n) is 23.7. The van der Waals surface area contributed by atoms with Gasteiger partial charge >= 0.3 is 0 Å². The lowest BCUT2D eigenvalue weighted by Gasteiger charge is -2.32. The standard InChI is InChI=1S/C39H28N4/c1-43-38(31-12-6-3-7-13-31)41-37(30-10-4-2-5-11-30)42-39(43)32-22-20-29(21-23-32)34-25-24-33(35-14-8-9-15-36(34)35)28-18-16-27(26-40)17-19-28/h2-25,39H,1H3. The molecule has 7 rings (SSSR count). The van der Waals surface area contributed by atoms with Crippen LogP contribution in [0.5, 0.6) is 0 Å². The quantitative estimate of drug-likeness (QED) is 0.214. The molecule has 0 bridgehead atoms. The maximum absolute atomic E-state index is 9.22. The van der Waals surface area contributed by atoms with Crippen LogP contribution in [0.3, 0.4) is 0 Å². The molecule has 0 aliphatic carbocycles. The predicted octanol–water partition coefficient (Wildman–Crippen LogP) is 8.88. The Bertz CT molecular complexity index is 2020. The summed E-state index contributed by atoms with van der Waals surface area (Å²) in [6, 6.07) is 52.1. The maximum Gasteiger partial charge on any atom is 0.159 e. The molecule has 1 aliphatic rings. The third kappa shape index (κ3) is 4.98. The molecular formula is C39H28N4. The number of nitriles is 1. The van der Waals surface area contributed by atoms with E-state index in [9.17, 15) is 5.26 Å². The van der Waals surface area contributed by atoms with E-state index < -0.39 is 0 Å². The monoisotopic (exact) mass is 552 g/mol. The molecule has 4 nitrogen and oxygen atoms in total. The fraction of sp³-hybridized carbons (Fsp3) is 0.0513. The average molecular weight is 553 g/mol. The highest BCUT2D eigenvalue weighted by Crippen LogP contribution is 2.37. The van der Waals surface area contributed by atoms with Crippen molar-refractivity contribution in [3.05, 3.63) is 168 Å². The van der Waals surface area contributed by atoms with Crippen molar-refractivity contribution in [2.45, 2.75) is 6.17 Å². The summed E-state index contributed by atoms with van der Waals surface area (Å²) in [7, 11) is 2.06. The van der Waals surface area contributed by atoms with E-state index >= 15 is 0 Å². The minimum Gasteiger partial charge on any atom is -0.333 e. The van der Waals surface area contributed by atoms with Crippen LogP contribution < -0.4 is 0 Å². The summed E-state index contributed by atoms with van der Waals surface area (Å²) in [6.07, 6.45) is -0.215. The van der Waals surface area contributed by atoms with Crippen LogP contribution in [0.15, 0.2) is 156 Å². The number of rotatable bonds is 5. The van der Waals surface area contributed by atoms with Gasteiger partial charge < -0.3 is 4.90 Å². The molecule has 0 spiro atoms. The third-order valence-corrected chi connectivity index (χ3v) is 7.99. The lowest BCUT2D eigenvalue weighted by atomic mass is 9.91. The van der Waals surface area contributed by atoms with Crippen LogP contribution in [0.25, 0.3) is 33.0 Å². The van der Waals surface area contributed by atoms with Crippen LogP contribution in [0.2, 0.25) is 0 Å². The van der Waals surface area contributed by atoms with Gasteiger partial charge in [-0.3, -0.25) is 0 Å². The SMILES string of the molecule is CN1C(c2ccccc2)=NC(c2ccccc2)=NC1c1ccc(-c2ccc(-c3ccc(C#N)cc3)c3ccccc23)cc1. The highest BCUT2D eigenvalue weighted by molar-refractivity contribution is 6.13. The first-order chi connectivity index (χ1) is 21.2. The second kappa shape index (κ2) is 11.2. The fourth-order valence-electron chi connectivity index (χ4n) is 5.77. The van der Waals surface area contributed by atoms with Gasteiger partial charge in [-0.15, -0.1) is 0 Å². The molecule has 43 heavy (non-hydrogen) atoms. The summed E-state index contributed by atoms with van der Waals surface area (Å²) < 4.78 is 0. The Morgan fingerprint density at radius 1 is 0.558 bits per heavy atom. The Labute approximate surface area is 251 Å². The van der Waals surface area contributed by atoms with Crippen LogP contribution >= 0.6 is 0 Å². The zero-order valence-corrected chi connectivity index (χ0v) is 23.7. The van der Waals surface area contributed by atoms with Crippen molar-refractivity contribution in [3.8, 4) is 28.3 Å². The van der Waals surface area contributed by atoms with Crippen molar-refractivity contribution in [3.63, 3.8) is 0 Å². The van der Waals surface area contributed by atoms with E-state index in [0.29, 0.717) is 5.56 Å². The van der Waals surface area contributed by atoms with Crippen LogP contribution in [-0.4, -0.2) is 23.6 Å². The van der Waals surface area contributed by atoms with Crippen molar-refractivity contribution >= 4 is 22.4 Å². The molecule has 0 amide bonds. The molecule has 0 fully saturated rings.